The van der Waals surface area contributed by atoms with Crippen molar-refractivity contribution in [1.29, 1.82) is 0 Å². The molecule has 2 saturated heterocycles. The Labute approximate surface area is 172 Å². The van der Waals surface area contributed by atoms with E-state index < -0.39 is 51.1 Å². The molecule has 3 heterocycles. The predicted octanol–water partition coefficient (Wildman–Crippen LogP) is 2.80. The number of anilines is 1. The summed E-state index contributed by atoms with van der Waals surface area (Å²) in [6, 6.07) is 3.16. The summed E-state index contributed by atoms with van der Waals surface area (Å²) in [6.07, 6.45) is 1.47. The van der Waals surface area contributed by atoms with Gasteiger partial charge in [-0.25, -0.2) is 22.4 Å². The van der Waals surface area contributed by atoms with Crippen LogP contribution in [-0.4, -0.2) is 40.8 Å². The molecule has 3 aromatic rings. The number of benzene rings is 2. The quantitative estimate of drug-likeness (QED) is 0.622. The minimum atomic E-state index is -1.64. The molecule has 0 amide bonds. The number of halogens is 4. The lowest BCUT2D eigenvalue weighted by molar-refractivity contribution is 0.0695. The third-order valence-electron chi connectivity index (χ3n) is 5.90. The Morgan fingerprint density at radius 2 is 1.90 bits per heavy atom. The second-order valence-corrected chi connectivity index (χ2v) is 7.71. The molecule has 160 valence electrons. The van der Waals surface area contributed by atoms with E-state index in [1.165, 1.54) is 0 Å². The van der Waals surface area contributed by atoms with E-state index in [-0.39, 0.29) is 23.5 Å². The van der Waals surface area contributed by atoms with E-state index in [4.69, 9.17) is 0 Å². The van der Waals surface area contributed by atoms with E-state index in [0.717, 1.165) is 29.0 Å². The van der Waals surface area contributed by atoms with Gasteiger partial charge in [-0.3, -0.25) is 4.79 Å². The van der Waals surface area contributed by atoms with E-state index >= 15 is 8.78 Å². The van der Waals surface area contributed by atoms with Crippen LogP contribution in [0.1, 0.15) is 16.8 Å². The summed E-state index contributed by atoms with van der Waals surface area (Å²) in [7, 11) is 0. The first-order valence-corrected chi connectivity index (χ1v) is 9.52. The van der Waals surface area contributed by atoms with Crippen LogP contribution in [0.15, 0.2) is 35.3 Å². The molecule has 0 aliphatic carbocycles. The van der Waals surface area contributed by atoms with E-state index in [1.54, 1.807) is 4.90 Å². The van der Waals surface area contributed by atoms with E-state index in [0.29, 0.717) is 25.6 Å². The SMILES string of the molecule is O=C(O)c1cn(-c2ccc(F)cc2F)c2c(F)c(N3C[C@@H]4C[C@H]3CN4)c(F)cc2c1=O. The van der Waals surface area contributed by atoms with Gasteiger partial charge < -0.3 is 19.9 Å². The number of aromatic nitrogens is 1. The smallest absolute Gasteiger partial charge is 0.341 e. The maximum absolute atomic E-state index is 15.8. The van der Waals surface area contributed by atoms with Crippen LogP contribution in [0.25, 0.3) is 16.6 Å². The molecule has 31 heavy (non-hydrogen) atoms. The molecular weight excluding hydrogens is 418 g/mol. The van der Waals surface area contributed by atoms with Gasteiger partial charge in [0.05, 0.1) is 16.6 Å². The van der Waals surface area contributed by atoms with Gasteiger partial charge in [0.1, 0.15) is 28.7 Å². The van der Waals surface area contributed by atoms with Gasteiger partial charge >= 0.3 is 5.97 Å². The van der Waals surface area contributed by atoms with Crippen molar-refractivity contribution >= 4 is 22.6 Å². The van der Waals surface area contributed by atoms with E-state index in [2.05, 4.69) is 5.32 Å². The normalized spacial score (nSPS) is 20.1. The topological polar surface area (TPSA) is 74.6 Å². The standard InChI is InChI=1S/C21H15F4N3O3/c22-9-1-2-16(14(23)3-9)28-8-13(21(30)31)20(29)12-5-15(24)19(17(25)18(12)28)27-7-10-4-11(27)6-26-10/h1-3,5,8,10-11,26H,4,6-7H2,(H,30,31)/t10-,11-/m0/s1. The van der Waals surface area contributed by atoms with Gasteiger partial charge in [-0.05, 0) is 24.6 Å². The van der Waals surface area contributed by atoms with Crippen LogP contribution in [-0.2, 0) is 0 Å². The highest BCUT2D eigenvalue weighted by Gasteiger charge is 2.40. The number of nitrogens with zero attached hydrogens (tertiary/aromatic N) is 2. The number of hydrogen-bond donors (Lipinski definition) is 2. The molecule has 0 unspecified atom stereocenters. The molecule has 2 atom stereocenters. The molecule has 0 radical (unpaired) electrons. The van der Waals surface area contributed by atoms with Crippen molar-refractivity contribution in [3.8, 4) is 5.69 Å². The van der Waals surface area contributed by atoms with Crippen molar-refractivity contribution in [2.24, 2.45) is 0 Å². The number of hydrogen-bond acceptors (Lipinski definition) is 4. The summed E-state index contributed by atoms with van der Waals surface area (Å²) >= 11 is 0. The minimum absolute atomic E-state index is 0.0746. The lowest BCUT2D eigenvalue weighted by Crippen LogP contribution is -2.44. The number of carboxylic acids is 1. The molecule has 1 aromatic heterocycles. The number of pyridine rings is 1. The lowest BCUT2D eigenvalue weighted by Gasteiger charge is -2.30. The van der Waals surface area contributed by atoms with Crippen LogP contribution in [0, 0.1) is 23.3 Å². The van der Waals surface area contributed by atoms with E-state index in [1.807, 2.05) is 0 Å². The number of carboxylic acid groups (broad SMARTS) is 1. The van der Waals surface area contributed by atoms with Crippen LogP contribution in [0.3, 0.4) is 0 Å². The van der Waals surface area contributed by atoms with Crippen molar-refractivity contribution in [3.05, 3.63) is 69.5 Å². The first-order valence-electron chi connectivity index (χ1n) is 9.52. The molecule has 2 bridgehead atoms. The second-order valence-electron chi connectivity index (χ2n) is 7.71. The van der Waals surface area contributed by atoms with Crippen molar-refractivity contribution < 1.29 is 27.5 Å². The van der Waals surface area contributed by atoms with Crippen LogP contribution >= 0.6 is 0 Å². The fourth-order valence-electron chi connectivity index (χ4n) is 4.52. The van der Waals surface area contributed by atoms with Gasteiger partial charge in [0.2, 0.25) is 5.43 Å². The van der Waals surface area contributed by atoms with Crippen molar-refractivity contribution in [2.75, 3.05) is 18.0 Å². The second kappa shape index (κ2) is 6.81. The molecule has 0 saturated carbocycles. The highest BCUT2D eigenvalue weighted by Crippen LogP contribution is 2.37. The number of carbonyl (C=O) groups is 1. The molecule has 2 fully saturated rings. The highest BCUT2D eigenvalue weighted by atomic mass is 19.1. The molecule has 6 nitrogen and oxygen atoms in total. The Morgan fingerprint density at radius 3 is 2.52 bits per heavy atom. The molecule has 10 heteroatoms. The minimum Gasteiger partial charge on any atom is -0.477 e. The highest BCUT2D eigenvalue weighted by molar-refractivity contribution is 5.94. The number of piperazine rings is 1. The summed E-state index contributed by atoms with van der Waals surface area (Å²) in [4.78, 5) is 25.8. The third kappa shape index (κ3) is 2.89. The number of nitrogens with one attached hydrogen (secondary N) is 1. The molecule has 2 aromatic carbocycles. The van der Waals surface area contributed by atoms with Crippen LogP contribution in [0.4, 0.5) is 23.2 Å². The van der Waals surface area contributed by atoms with Gasteiger partial charge in [0.15, 0.2) is 5.82 Å². The van der Waals surface area contributed by atoms with Gasteiger partial charge in [0.25, 0.3) is 0 Å². The first-order chi connectivity index (χ1) is 14.8. The van der Waals surface area contributed by atoms with Crippen molar-refractivity contribution in [3.63, 3.8) is 0 Å². The van der Waals surface area contributed by atoms with Crippen LogP contribution in [0.5, 0.6) is 0 Å². The van der Waals surface area contributed by atoms with Gasteiger partial charge in [-0.15, -0.1) is 0 Å². The third-order valence-corrected chi connectivity index (χ3v) is 5.90. The zero-order valence-corrected chi connectivity index (χ0v) is 15.8. The zero-order valence-electron chi connectivity index (χ0n) is 15.8. The van der Waals surface area contributed by atoms with Gasteiger partial charge in [0, 0.05) is 37.4 Å². The van der Waals surface area contributed by atoms with Crippen LogP contribution in [0.2, 0.25) is 0 Å². The summed E-state index contributed by atoms with van der Waals surface area (Å²) in [5.41, 5.74) is -3.12. The Hall–Kier alpha value is -3.40. The maximum Gasteiger partial charge on any atom is 0.341 e. The Morgan fingerprint density at radius 1 is 1.13 bits per heavy atom. The van der Waals surface area contributed by atoms with E-state index in [9.17, 15) is 23.5 Å². The fraction of sp³-hybridized carbons (Fsp3) is 0.238. The maximum atomic E-state index is 15.8. The molecule has 2 N–H and O–H groups in total. The Bertz CT molecular complexity index is 1320. The number of fused-ring (bicyclic) bond motifs is 3. The monoisotopic (exact) mass is 433 g/mol. The molecule has 5 rings (SSSR count). The average molecular weight is 433 g/mol. The Kier molecular flexibility index (Phi) is 4.30. The van der Waals surface area contributed by atoms with Crippen molar-refractivity contribution in [1.82, 2.24) is 9.88 Å². The van der Waals surface area contributed by atoms with Gasteiger partial charge in [-0.2, -0.15) is 0 Å². The zero-order chi connectivity index (χ0) is 22.0. The van der Waals surface area contributed by atoms with Crippen molar-refractivity contribution in [2.45, 2.75) is 18.5 Å². The molecule has 2 aliphatic rings. The average Bonchev–Trinajstić information content (AvgIpc) is 3.32. The lowest BCUT2D eigenvalue weighted by atomic mass is 10.1. The summed E-state index contributed by atoms with van der Waals surface area (Å²) < 4.78 is 59.5. The first kappa shape index (κ1) is 19.6. The molecular formula is C21H15F4N3O3. The summed E-state index contributed by atoms with van der Waals surface area (Å²) in [5.74, 6) is -5.76. The van der Waals surface area contributed by atoms with Gasteiger partial charge in [-0.1, -0.05) is 0 Å². The Balaban J connectivity index is 1.86. The number of rotatable bonds is 3. The van der Waals surface area contributed by atoms with Crippen LogP contribution < -0.4 is 15.6 Å². The predicted molar refractivity (Wildman–Crippen MR) is 104 cm³/mol. The molecule has 2 aliphatic heterocycles. The number of aromatic carboxylic acids is 1. The fourth-order valence-corrected chi connectivity index (χ4v) is 4.52. The molecule has 0 spiro atoms. The summed E-state index contributed by atoms with van der Waals surface area (Å²) in [6.45, 7) is 0.894. The summed E-state index contributed by atoms with van der Waals surface area (Å²) in [5, 5.41) is 12.0. The largest absolute Gasteiger partial charge is 0.477 e.